The predicted octanol–water partition coefficient (Wildman–Crippen LogP) is 4.49. The zero-order valence-electron chi connectivity index (χ0n) is 10.6. The number of aryl methyl sites for hydroxylation is 1. The Bertz CT molecular complexity index is 557. The molecule has 0 aromatic heterocycles. The van der Waals surface area contributed by atoms with Crippen LogP contribution in [0.15, 0.2) is 46.9 Å². The van der Waals surface area contributed by atoms with Gasteiger partial charge in [-0.15, -0.1) is 0 Å². The highest BCUT2D eigenvalue weighted by atomic mass is 79.9. The zero-order valence-corrected chi connectivity index (χ0v) is 12.9. The van der Waals surface area contributed by atoms with E-state index in [1.54, 1.807) is 0 Å². The summed E-state index contributed by atoms with van der Waals surface area (Å²) in [4.78, 5) is 0. The number of nitrogens with two attached hydrogens (primary N) is 1. The quantitative estimate of drug-likeness (QED) is 0.890. The Hall–Kier alpha value is -1.03. The second-order valence-corrected chi connectivity index (χ2v) is 5.60. The van der Waals surface area contributed by atoms with Gasteiger partial charge >= 0.3 is 0 Å². The first kappa shape index (κ1) is 14.4. The van der Waals surface area contributed by atoms with Crippen LogP contribution in [0.1, 0.15) is 17.2 Å². The number of ether oxygens (including phenoxy) is 1. The fraction of sp³-hybridized carbons (Fsp3) is 0.200. The van der Waals surface area contributed by atoms with Gasteiger partial charge in [0.2, 0.25) is 0 Å². The lowest BCUT2D eigenvalue weighted by molar-refractivity contribution is 0.214. The van der Waals surface area contributed by atoms with E-state index in [9.17, 15) is 0 Å². The number of benzene rings is 2. The summed E-state index contributed by atoms with van der Waals surface area (Å²) in [6.07, 6.45) is -0.169. The molecule has 0 spiro atoms. The summed E-state index contributed by atoms with van der Waals surface area (Å²) in [5.74, 6) is 0.811. The Balaban J connectivity index is 2.18. The monoisotopic (exact) mass is 339 g/mol. The largest absolute Gasteiger partial charge is 0.484 e. The molecule has 1 unspecified atom stereocenters. The van der Waals surface area contributed by atoms with Crippen molar-refractivity contribution in [2.75, 3.05) is 6.54 Å². The van der Waals surface area contributed by atoms with Crippen LogP contribution in [0.4, 0.5) is 0 Å². The van der Waals surface area contributed by atoms with Gasteiger partial charge in [0, 0.05) is 16.0 Å². The first-order valence-electron chi connectivity index (χ1n) is 5.98. The van der Waals surface area contributed by atoms with E-state index in [1.165, 1.54) is 0 Å². The molecule has 0 heterocycles. The van der Waals surface area contributed by atoms with Gasteiger partial charge in [-0.05, 0) is 48.4 Å². The van der Waals surface area contributed by atoms with Crippen molar-refractivity contribution >= 4 is 27.5 Å². The Labute approximate surface area is 126 Å². The molecule has 2 N–H and O–H groups in total. The lowest BCUT2D eigenvalue weighted by Gasteiger charge is -2.18. The van der Waals surface area contributed by atoms with Gasteiger partial charge in [-0.25, -0.2) is 0 Å². The average molecular weight is 341 g/mol. The fourth-order valence-corrected chi connectivity index (χ4v) is 2.16. The highest BCUT2D eigenvalue weighted by molar-refractivity contribution is 9.10. The molecule has 2 rings (SSSR count). The van der Waals surface area contributed by atoms with E-state index in [2.05, 4.69) is 15.9 Å². The third kappa shape index (κ3) is 3.72. The second kappa shape index (κ2) is 6.42. The van der Waals surface area contributed by atoms with Crippen LogP contribution < -0.4 is 10.5 Å². The van der Waals surface area contributed by atoms with E-state index < -0.39 is 0 Å². The lowest BCUT2D eigenvalue weighted by Crippen LogP contribution is -2.18. The number of hydrogen-bond donors (Lipinski definition) is 1. The Morgan fingerprint density at radius 3 is 2.47 bits per heavy atom. The van der Waals surface area contributed by atoms with Gasteiger partial charge in [0.15, 0.2) is 0 Å². The molecule has 2 nitrogen and oxygen atoms in total. The van der Waals surface area contributed by atoms with E-state index in [0.717, 1.165) is 21.3 Å². The van der Waals surface area contributed by atoms with Gasteiger partial charge in [-0.2, -0.15) is 0 Å². The molecule has 0 fully saturated rings. The molecule has 19 heavy (non-hydrogen) atoms. The SMILES string of the molecule is Cc1cc(OC(CN)c2ccc(Cl)cc2)ccc1Br. The fourth-order valence-electron chi connectivity index (χ4n) is 1.78. The number of rotatable bonds is 4. The van der Waals surface area contributed by atoms with Gasteiger partial charge in [0.1, 0.15) is 11.9 Å². The summed E-state index contributed by atoms with van der Waals surface area (Å²) in [6.45, 7) is 2.44. The summed E-state index contributed by atoms with van der Waals surface area (Å²) in [6, 6.07) is 13.4. The van der Waals surface area contributed by atoms with Crippen molar-refractivity contribution in [2.45, 2.75) is 13.0 Å². The molecule has 2 aromatic rings. The topological polar surface area (TPSA) is 35.2 Å². The van der Waals surface area contributed by atoms with E-state index in [-0.39, 0.29) is 6.10 Å². The first-order chi connectivity index (χ1) is 9.10. The van der Waals surface area contributed by atoms with Gasteiger partial charge in [-0.1, -0.05) is 39.7 Å². The smallest absolute Gasteiger partial charge is 0.136 e. The molecule has 0 bridgehead atoms. The molecule has 0 saturated carbocycles. The van der Waals surface area contributed by atoms with Crippen LogP contribution >= 0.6 is 27.5 Å². The van der Waals surface area contributed by atoms with Crippen molar-refractivity contribution in [3.05, 3.63) is 63.1 Å². The molecule has 0 aliphatic rings. The van der Waals surface area contributed by atoms with E-state index in [1.807, 2.05) is 49.4 Å². The molecule has 0 radical (unpaired) electrons. The molecule has 2 aromatic carbocycles. The molecule has 0 aliphatic heterocycles. The summed E-state index contributed by atoms with van der Waals surface area (Å²) in [7, 11) is 0. The van der Waals surface area contributed by atoms with Crippen LogP contribution in [0, 0.1) is 6.92 Å². The first-order valence-corrected chi connectivity index (χ1v) is 7.15. The van der Waals surface area contributed by atoms with E-state index in [0.29, 0.717) is 11.6 Å². The van der Waals surface area contributed by atoms with Gasteiger partial charge in [0.25, 0.3) is 0 Å². The van der Waals surface area contributed by atoms with Gasteiger partial charge < -0.3 is 10.5 Å². The van der Waals surface area contributed by atoms with E-state index in [4.69, 9.17) is 22.1 Å². The Kier molecular flexibility index (Phi) is 4.86. The number of hydrogen-bond acceptors (Lipinski definition) is 2. The summed E-state index contributed by atoms with van der Waals surface area (Å²) < 4.78 is 7.00. The minimum Gasteiger partial charge on any atom is -0.484 e. The van der Waals surface area contributed by atoms with Gasteiger partial charge in [0.05, 0.1) is 0 Å². The normalized spacial score (nSPS) is 12.2. The Morgan fingerprint density at radius 2 is 1.89 bits per heavy atom. The second-order valence-electron chi connectivity index (χ2n) is 4.30. The molecule has 1 atom stereocenters. The maximum absolute atomic E-state index is 5.94. The van der Waals surface area contributed by atoms with Crippen LogP contribution in [0.2, 0.25) is 5.02 Å². The summed E-state index contributed by atoms with van der Waals surface area (Å²) in [5.41, 5.74) is 7.94. The standard InChI is InChI=1S/C15H15BrClNO/c1-10-8-13(6-7-14(10)16)19-15(9-18)11-2-4-12(17)5-3-11/h2-8,15H,9,18H2,1H3. The summed E-state index contributed by atoms with van der Waals surface area (Å²) in [5, 5.41) is 0.707. The van der Waals surface area contributed by atoms with Gasteiger partial charge in [-0.3, -0.25) is 0 Å². The minimum atomic E-state index is -0.169. The molecular weight excluding hydrogens is 326 g/mol. The lowest BCUT2D eigenvalue weighted by atomic mass is 10.1. The van der Waals surface area contributed by atoms with Crippen LogP contribution in [0.25, 0.3) is 0 Å². The predicted molar refractivity (Wildman–Crippen MR) is 82.8 cm³/mol. The van der Waals surface area contributed by atoms with Crippen LogP contribution in [0.5, 0.6) is 5.75 Å². The minimum absolute atomic E-state index is 0.169. The number of halogens is 2. The molecule has 0 amide bonds. The summed E-state index contributed by atoms with van der Waals surface area (Å²) >= 11 is 9.35. The van der Waals surface area contributed by atoms with Crippen LogP contribution in [-0.4, -0.2) is 6.54 Å². The maximum Gasteiger partial charge on any atom is 0.136 e. The molecular formula is C15H15BrClNO. The molecule has 100 valence electrons. The van der Waals surface area contributed by atoms with Crippen molar-refractivity contribution in [1.82, 2.24) is 0 Å². The third-order valence-electron chi connectivity index (χ3n) is 2.86. The van der Waals surface area contributed by atoms with Crippen molar-refractivity contribution in [3.8, 4) is 5.75 Å². The van der Waals surface area contributed by atoms with Crippen molar-refractivity contribution in [3.63, 3.8) is 0 Å². The zero-order chi connectivity index (χ0) is 13.8. The molecule has 0 saturated heterocycles. The van der Waals surface area contributed by atoms with Crippen molar-refractivity contribution < 1.29 is 4.74 Å². The average Bonchev–Trinajstić information content (AvgIpc) is 2.41. The van der Waals surface area contributed by atoms with Crippen LogP contribution in [-0.2, 0) is 0 Å². The molecule has 4 heteroatoms. The van der Waals surface area contributed by atoms with Crippen molar-refractivity contribution in [1.29, 1.82) is 0 Å². The Morgan fingerprint density at radius 1 is 1.21 bits per heavy atom. The molecule has 0 aliphatic carbocycles. The third-order valence-corrected chi connectivity index (χ3v) is 4.01. The van der Waals surface area contributed by atoms with Crippen molar-refractivity contribution in [2.24, 2.45) is 5.73 Å². The highest BCUT2D eigenvalue weighted by Gasteiger charge is 2.11. The highest BCUT2D eigenvalue weighted by Crippen LogP contribution is 2.26. The van der Waals surface area contributed by atoms with E-state index >= 15 is 0 Å². The van der Waals surface area contributed by atoms with Crippen LogP contribution in [0.3, 0.4) is 0 Å². The maximum atomic E-state index is 5.94.